The SMILES string of the molecule is CCCCCCCCCCCCC(CCCCCCCCCCC)C(C)(C(=O)O)[N+](C)(C)C. The number of carboxylic acids is 1. The normalized spacial score (nSPS) is 14.8. The van der Waals surface area contributed by atoms with E-state index >= 15 is 0 Å². The highest BCUT2D eigenvalue weighted by Gasteiger charge is 2.51. The number of hydrogen-bond acceptors (Lipinski definition) is 1. The minimum absolute atomic E-state index is 0.258. The molecule has 0 bridgehead atoms. The average Bonchev–Trinajstić information content (AvgIpc) is 2.76. The third-order valence-corrected chi connectivity index (χ3v) is 8.18. The average molecular weight is 469 g/mol. The maximum absolute atomic E-state index is 12.4. The standard InChI is InChI=1S/C30H61NO2/c1-7-9-11-13-15-17-19-21-23-25-27-28(30(3,29(32)33)31(4,5)6)26-24-22-20-18-16-14-12-10-8-2/h28H,7-27H2,1-6H3/p+1. The lowest BCUT2D eigenvalue weighted by Crippen LogP contribution is -2.64. The number of quaternary nitrogens is 1. The van der Waals surface area contributed by atoms with Crippen LogP contribution in [0.1, 0.15) is 156 Å². The molecule has 0 radical (unpaired) electrons. The molecule has 0 fully saturated rings. The molecule has 0 spiro atoms. The summed E-state index contributed by atoms with van der Waals surface area (Å²) in [6.45, 7) is 6.55. The van der Waals surface area contributed by atoms with E-state index in [1.165, 1.54) is 122 Å². The van der Waals surface area contributed by atoms with E-state index in [1.807, 2.05) is 6.92 Å². The van der Waals surface area contributed by atoms with Gasteiger partial charge < -0.3 is 9.59 Å². The van der Waals surface area contributed by atoms with Crippen LogP contribution in [-0.2, 0) is 4.79 Å². The monoisotopic (exact) mass is 468 g/mol. The molecule has 0 aromatic carbocycles. The number of rotatable bonds is 24. The molecule has 0 saturated heterocycles. The first kappa shape index (κ1) is 32.4. The van der Waals surface area contributed by atoms with Gasteiger partial charge >= 0.3 is 5.97 Å². The van der Waals surface area contributed by atoms with Crippen molar-refractivity contribution in [1.82, 2.24) is 0 Å². The van der Waals surface area contributed by atoms with E-state index in [9.17, 15) is 9.90 Å². The van der Waals surface area contributed by atoms with E-state index in [0.717, 1.165) is 12.8 Å². The van der Waals surface area contributed by atoms with Crippen molar-refractivity contribution in [2.24, 2.45) is 5.92 Å². The first-order chi connectivity index (χ1) is 15.7. The molecule has 2 atom stereocenters. The largest absolute Gasteiger partial charge is 0.477 e. The highest BCUT2D eigenvalue weighted by molar-refractivity contribution is 5.77. The number of likely N-dealkylation sites (N-methyl/N-ethyl adjacent to an activating group) is 1. The van der Waals surface area contributed by atoms with Gasteiger partial charge in [0, 0.05) is 12.8 Å². The summed E-state index contributed by atoms with van der Waals surface area (Å²) in [5.41, 5.74) is -0.709. The Morgan fingerprint density at radius 2 is 0.879 bits per heavy atom. The summed E-state index contributed by atoms with van der Waals surface area (Å²) in [5.74, 6) is -0.364. The second kappa shape index (κ2) is 19.7. The van der Waals surface area contributed by atoms with Crippen molar-refractivity contribution in [2.45, 2.75) is 161 Å². The van der Waals surface area contributed by atoms with Crippen LogP contribution in [0.15, 0.2) is 0 Å². The molecule has 3 heteroatoms. The lowest BCUT2D eigenvalue weighted by Gasteiger charge is -2.45. The molecule has 0 amide bonds. The van der Waals surface area contributed by atoms with Crippen LogP contribution in [0.4, 0.5) is 0 Å². The predicted molar refractivity (Wildman–Crippen MR) is 146 cm³/mol. The van der Waals surface area contributed by atoms with Crippen LogP contribution in [0.25, 0.3) is 0 Å². The van der Waals surface area contributed by atoms with Crippen molar-refractivity contribution in [2.75, 3.05) is 21.1 Å². The molecule has 0 aromatic heterocycles. The van der Waals surface area contributed by atoms with E-state index in [1.54, 1.807) is 0 Å². The fourth-order valence-electron chi connectivity index (χ4n) is 5.30. The molecule has 0 aliphatic heterocycles. The van der Waals surface area contributed by atoms with Gasteiger partial charge in [-0.1, -0.05) is 136 Å². The maximum Gasteiger partial charge on any atom is 0.365 e. The van der Waals surface area contributed by atoms with Crippen LogP contribution in [0.3, 0.4) is 0 Å². The molecule has 0 heterocycles. The van der Waals surface area contributed by atoms with E-state index in [0.29, 0.717) is 4.48 Å². The van der Waals surface area contributed by atoms with Gasteiger partial charge in [-0.15, -0.1) is 0 Å². The van der Waals surface area contributed by atoms with Gasteiger partial charge in [-0.3, -0.25) is 0 Å². The molecule has 198 valence electrons. The Morgan fingerprint density at radius 3 is 1.12 bits per heavy atom. The van der Waals surface area contributed by atoms with E-state index in [2.05, 4.69) is 35.0 Å². The molecule has 0 aliphatic carbocycles. The number of hydrogen-bond donors (Lipinski definition) is 1. The number of carboxylic acid groups (broad SMARTS) is 1. The summed E-state index contributed by atoms with van der Waals surface area (Å²) in [7, 11) is 6.20. The second-order valence-electron chi connectivity index (χ2n) is 11.7. The maximum atomic E-state index is 12.4. The fourth-order valence-corrected chi connectivity index (χ4v) is 5.30. The molecular weight excluding hydrogens is 406 g/mol. The van der Waals surface area contributed by atoms with Crippen LogP contribution in [-0.4, -0.2) is 42.2 Å². The molecule has 2 unspecified atom stereocenters. The van der Waals surface area contributed by atoms with Gasteiger partial charge in [0.1, 0.15) is 0 Å². The van der Waals surface area contributed by atoms with Gasteiger partial charge in [-0.2, -0.15) is 0 Å². The van der Waals surface area contributed by atoms with Crippen molar-refractivity contribution in [1.29, 1.82) is 0 Å². The Bertz CT molecular complexity index is 457. The van der Waals surface area contributed by atoms with Gasteiger partial charge in [0.2, 0.25) is 0 Å². The van der Waals surface area contributed by atoms with Crippen LogP contribution >= 0.6 is 0 Å². The van der Waals surface area contributed by atoms with Gasteiger partial charge in [0.15, 0.2) is 5.54 Å². The topological polar surface area (TPSA) is 37.3 Å². The molecule has 0 aromatic rings. The highest BCUT2D eigenvalue weighted by Crippen LogP contribution is 2.36. The zero-order valence-corrected chi connectivity index (χ0v) is 23.7. The second-order valence-corrected chi connectivity index (χ2v) is 11.7. The molecule has 0 aliphatic rings. The van der Waals surface area contributed by atoms with Gasteiger partial charge in [0.05, 0.1) is 21.1 Å². The Kier molecular flexibility index (Phi) is 19.4. The first-order valence-corrected chi connectivity index (χ1v) is 14.8. The smallest absolute Gasteiger partial charge is 0.365 e. The van der Waals surface area contributed by atoms with E-state index in [4.69, 9.17) is 0 Å². The van der Waals surface area contributed by atoms with E-state index < -0.39 is 11.5 Å². The molecule has 0 rings (SSSR count). The summed E-state index contributed by atoms with van der Waals surface area (Å²) in [6.07, 6.45) is 27.4. The summed E-state index contributed by atoms with van der Waals surface area (Å²) in [4.78, 5) is 12.4. The summed E-state index contributed by atoms with van der Waals surface area (Å²) in [6, 6.07) is 0. The third kappa shape index (κ3) is 14.4. The van der Waals surface area contributed by atoms with Crippen LogP contribution in [0, 0.1) is 5.92 Å². The number of aliphatic carboxylic acids is 1. The third-order valence-electron chi connectivity index (χ3n) is 8.18. The van der Waals surface area contributed by atoms with Crippen LogP contribution in [0.5, 0.6) is 0 Å². The molecule has 1 N–H and O–H groups in total. The van der Waals surface area contributed by atoms with Gasteiger partial charge in [0.25, 0.3) is 0 Å². The Labute approximate surface area is 208 Å². The van der Waals surface area contributed by atoms with Crippen LogP contribution < -0.4 is 0 Å². The zero-order valence-electron chi connectivity index (χ0n) is 23.7. The van der Waals surface area contributed by atoms with Crippen LogP contribution in [0.2, 0.25) is 0 Å². The highest BCUT2D eigenvalue weighted by atomic mass is 16.4. The van der Waals surface area contributed by atoms with Gasteiger partial charge in [-0.25, -0.2) is 4.79 Å². The van der Waals surface area contributed by atoms with Crippen molar-refractivity contribution in [3.8, 4) is 0 Å². The Hall–Kier alpha value is -0.570. The fraction of sp³-hybridized carbons (Fsp3) is 0.967. The predicted octanol–water partition coefficient (Wildman–Crippen LogP) is 9.38. The summed E-state index contributed by atoms with van der Waals surface area (Å²) < 4.78 is 0.502. The molecule has 3 nitrogen and oxygen atoms in total. The quantitative estimate of drug-likeness (QED) is 0.113. The first-order valence-electron chi connectivity index (χ1n) is 14.8. The lowest BCUT2D eigenvalue weighted by atomic mass is 9.76. The summed E-state index contributed by atoms with van der Waals surface area (Å²) >= 11 is 0. The number of unbranched alkanes of at least 4 members (excludes halogenated alkanes) is 17. The lowest BCUT2D eigenvalue weighted by molar-refractivity contribution is -0.916. The minimum Gasteiger partial charge on any atom is -0.477 e. The molecular formula is C30H62NO2+. The van der Waals surface area contributed by atoms with Gasteiger partial charge in [-0.05, 0) is 12.8 Å². The molecule has 0 saturated carbocycles. The van der Waals surface area contributed by atoms with Crippen molar-refractivity contribution < 1.29 is 14.4 Å². The summed E-state index contributed by atoms with van der Waals surface area (Å²) in [5, 5.41) is 10.2. The van der Waals surface area contributed by atoms with Crippen molar-refractivity contribution in [3.63, 3.8) is 0 Å². The van der Waals surface area contributed by atoms with E-state index in [-0.39, 0.29) is 5.92 Å². The number of carbonyl (C=O) groups is 1. The Balaban J connectivity index is 4.42. The van der Waals surface area contributed by atoms with Crippen molar-refractivity contribution in [3.05, 3.63) is 0 Å². The zero-order chi connectivity index (χ0) is 25.0. The Morgan fingerprint density at radius 1 is 0.606 bits per heavy atom. The van der Waals surface area contributed by atoms with Crippen molar-refractivity contribution >= 4 is 5.97 Å². The number of nitrogens with zero attached hydrogens (tertiary/aromatic N) is 1. The molecule has 33 heavy (non-hydrogen) atoms. The minimum atomic E-state index is -0.709.